The lowest BCUT2D eigenvalue weighted by molar-refractivity contribution is -0.138. The van der Waals surface area contributed by atoms with Gasteiger partial charge in [0.15, 0.2) is 0 Å². The number of carbonyl (C=O) groups is 2. The standard InChI is InChI=1S/C22H34O3/c1-7-25-22(24)20(6)13-9-12-18(4)10-8-11-19(5)14-15-21(16-23)17(2)3/h10,13-17H,7-9,11-12H2,1-6H3/b18-10+,19-14+,20-13+,21-15+. The normalized spacial score (nSPS) is 14.0. The van der Waals surface area contributed by atoms with E-state index < -0.39 is 0 Å². The van der Waals surface area contributed by atoms with Gasteiger partial charge in [-0.15, -0.1) is 0 Å². The molecule has 0 radical (unpaired) electrons. The zero-order valence-electron chi connectivity index (χ0n) is 16.7. The van der Waals surface area contributed by atoms with Crippen molar-refractivity contribution in [2.45, 2.75) is 67.2 Å². The van der Waals surface area contributed by atoms with Crippen molar-refractivity contribution in [3.63, 3.8) is 0 Å². The minimum absolute atomic E-state index is 0.228. The number of aldehydes is 1. The fraction of sp³-hybridized carbons (Fsp3) is 0.545. The molecule has 0 aliphatic heterocycles. The first-order chi connectivity index (χ1) is 11.8. The number of ether oxygens (including phenoxy) is 1. The zero-order chi connectivity index (χ0) is 19.2. The molecule has 25 heavy (non-hydrogen) atoms. The van der Waals surface area contributed by atoms with Crippen LogP contribution in [0.5, 0.6) is 0 Å². The number of hydrogen-bond acceptors (Lipinski definition) is 3. The summed E-state index contributed by atoms with van der Waals surface area (Å²) in [6.45, 7) is 12.3. The van der Waals surface area contributed by atoms with E-state index in [4.69, 9.17) is 4.74 Å². The molecule has 140 valence electrons. The highest BCUT2D eigenvalue weighted by molar-refractivity contribution is 5.87. The van der Waals surface area contributed by atoms with Gasteiger partial charge in [-0.05, 0) is 64.9 Å². The molecule has 0 aromatic rings. The van der Waals surface area contributed by atoms with Crippen LogP contribution in [-0.2, 0) is 14.3 Å². The second-order valence-electron chi connectivity index (χ2n) is 6.69. The molecule has 0 heterocycles. The van der Waals surface area contributed by atoms with Crippen LogP contribution in [0.3, 0.4) is 0 Å². The first kappa shape index (κ1) is 23.1. The molecule has 0 atom stereocenters. The van der Waals surface area contributed by atoms with Crippen molar-refractivity contribution in [2.24, 2.45) is 5.92 Å². The Balaban J connectivity index is 4.35. The van der Waals surface area contributed by atoms with Crippen molar-refractivity contribution in [1.82, 2.24) is 0 Å². The molecule has 0 fully saturated rings. The number of esters is 1. The largest absolute Gasteiger partial charge is 0.463 e. The molecule has 0 unspecified atom stereocenters. The Hall–Kier alpha value is -1.90. The summed E-state index contributed by atoms with van der Waals surface area (Å²) in [7, 11) is 0. The molecule has 3 heteroatoms. The van der Waals surface area contributed by atoms with E-state index in [1.807, 2.05) is 39.0 Å². The first-order valence-corrected chi connectivity index (χ1v) is 9.13. The van der Waals surface area contributed by atoms with Gasteiger partial charge in [-0.2, -0.15) is 0 Å². The maximum absolute atomic E-state index is 11.5. The van der Waals surface area contributed by atoms with Gasteiger partial charge in [0, 0.05) is 5.57 Å². The molecule has 0 amide bonds. The molecule has 0 aromatic carbocycles. The van der Waals surface area contributed by atoms with Gasteiger partial charge in [-0.1, -0.05) is 49.3 Å². The summed E-state index contributed by atoms with van der Waals surface area (Å²) in [6, 6.07) is 0. The van der Waals surface area contributed by atoms with Gasteiger partial charge in [-0.25, -0.2) is 4.79 Å². The monoisotopic (exact) mass is 346 g/mol. The molecular formula is C22H34O3. The van der Waals surface area contributed by atoms with Crippen LogP contribution in [0.4, 0.5) is 0 Å². The Labute approximate surface area is 153 Å². The summed E-state index contributed by atoms with van der Waals surface area (Å²) in [4.78, 5) is 22.4. The molecule has 3 nitrogen and oxygen atoms in total. The zero-order valence-corrected chi connectivity index (χ0v) is 16.7. The molecule has 0 aliphatic rings. The molecule has 0 saturated heterocycles. The van der Waals surface area contributed by atoms with Crippen LogP contribution in [0.1, 0.15) is 67.2 Å². The van der Waals surface area contributed by atoms with Crippen molar-refractivity contribution in [3.05, 3.63) is 46.6 Å². The lowest BCUT2D eigenvalue weighted by atomic mass is 10.0. The minimum atomic E-state index is -0.228. The van der Waals surface area contributed by atoms with Crippen molar-refractivity contribution in [3.8, 4) is 0 Å². The van der Waals surface area contributed by atoms with Crippen LogP contribution >= 0.6 is 0 Å². The van der Waals surface area contributed by atoms with Crippen LogP contribution in [0.25, 0.3) is 0 Å². The van der Waals surface area contributed by atoms with Gasteiger partial charge in [-0.3, -0.25) is 4.79 Å². The van der Waals surface area contributed by atoms with Gasteiger partial charge in [0.2, 0.25) is 0 Å². The molecular weight excluding hydrogens is 312 g/mol. The number of allylic oxidation sites excluding steroid dienone is 7. The predicted molar refractivity (Wildman–Crippen MR) is 105 cm³/mol. The fourth-order valence-corrected chi connectivity index (χ4v) is 2.18. The van der Waals surface area contributed by atoms with E-state index in [0.29, 0.717) is 12.2 Å². The summed E-state index contributed by atoms with van der Waals surface area (Å²) >= 11 is 0. The van der Waals surface area contributed by atoms with E-state index in [1.165, 1.54) is 11.1 Å². The highest BCUT2D eigenvalue weighted by Gasteiger charge is 2.03. The Morgan fingerprint density at radius 1 is 0.960 bits per heavy atom. The minimum Gasteiger partial charge on any atom is -0.463 e. The third-order valence-corrected chi connectivity index (χ3v) is 3.98. The van der Waals surface area contributed by atoms with Crippen LogP contribution in [0, 0.1) is 5.92 Å². The molecule has 0 saturated carbocycles. The van der Waals surface area contributed by atoms with Crippen LogP contribution < -0.4 is 0 Å². The quantitative estimate of drug-likeness (QED) is 0.158. The number of rotatable bonds is 11. The van der Waals surface area contributed by atoms with Gasteiger partial charge in [0.05, 0.1) is 6.61 Å². The van der Waals surface area contributed by atoms with Crippen molar-refractivity contribution >= 4 is 12.3 Å². The Morgan fingerprint density at radius 3 is 2.12 bits per heavy atom. The number of hydrogen-bond donors (Lipinski definition) is 0. The van der Waals surface area contributed by atoms with Crippen LogP contribution in [0.15, 0.2) is 46.6 Å². The maximum atomic E-state index is 11.5. The second-order valence-corrected chi connectivity index (χ2v) is 6.69. The topological polar surface area (TPSA) is 43.4 Å². The molecule has 0 bridgehead atoms. The van der Waals surface area contributed by atoms with Crippen molar-refractivity contribution in [2.75, 3.05) is 6.61 Å². The smallest absolute Gasteiger partial charge is 0.333 e. The Morgan fingerprint density at radius 2 is 1.56 bits per heavy atom. The van der Waals surface area contributed by atoms with Gasteiger partial charge in [0.1, 0.15) is 6.29 Å². The second kappa shape index (κ2) is 13.4. The van der Waals surface area contributed by atoms with E-state index in [2.05, 4.69) is 19.9 Å². The molecule has 0 spiro atoms. The van der Waals surface area contributed by atoms with E-state index in [0.717, 1.165) is 37.5 Å². The van der Waals surface area contributed by atoms with Crippen molar-refractivity contribution < 1.29 is 14.3 Å². The SMILES string of the molecule is CCOC(=O)/C(C)=C/CC/C(C)=C/CC/C(C)=C/C=C(\C=O)C(C)C. The highest BCUT2D eigenvalue weighted by atomic mass is 16.5. The maximum Gasteiger partial charge on any atom is 0.333 e. The third kappa shape index (κ3) is 11.3. The van der Waals surface area contributed by atoms with E-state index in [9.17, 15) is 9.59 Å². The summed E-state index contributed by atoms with van der Waals surface area (Å²) in [5, 5.41) is 0. The molecule has 0 N–H and O–H groups in total. The Bertz CT molecular complexity index is 546. The van der Waals surface area contributed by atoms with Gasteiger partial charge >= 0.3 is 5.97 Å². The predicted octanol–water partition coefficient (Wildman–Crippen LogP) is 5.73. The summed E-state index contributed by atoms with van der Waals surface area (Å²) in [5.74, 6) is 0.0313. The molecule has 0 aromatic heterocycles. The average molecular weight is 347 g/mol. The lowest BCUT2D eigenvalue weighted by Gasteiger charge is -2.03. The summed E-state index contributed by atoms with van der Waals surface area (Å²) in [5.41, 5.74) is 4.10. The number of carbonyl (C=O) groups excluding carboxylic acids is 2. The van der Waals surface area contributed by atoms with Gasteiger partial charge in [0.25, 0.3) is 0 Å². The van der Waals surface area contributed by atoms with Gasteiger partial charge < -0.3 is 4.74 Å². The summed E-state index contributed by atoms with van der Waals surface area (Å²) < 4.78 is 4.96. The van der Waals surface area contributed by atoms with Crippen molar-refractivity contribution in [1.29, 1.82) is 0 Å². The van der Waals surface area contributed by atoms with E-state index in [-0.39, 0.29) is 11.9 Å². The van der Waals surface area contributed by atoms with Crippen LogP contribution in [-0.4, -0.2) is 18.9 Å². The first-order valence-electron chi connectivity index (χ1n) is 9.13. The lowest BCUT2D eigenvalue weighted by Crippen LogP contribution is -2.04. The van der Waals surface area contributed by atoms with E-state index in [1.54, 1.807) is 6.92 Å². The van der Waals surface area contributed by atoms with Crippen LogP contribution in [0.2, 0.25) is 0 Å². The average Bonchev–Trinajstić information content (AvgIpc) is 2.55. The highest BCUT2D eigenvalue weighted by Crippen LogP contribution is 2.13. The molecule has 0 rings (SSSR count). The fourth-order valence-electron chi connectivity index (χ4n) is 2.18. The molecule has 0 aliphatic carbocycles. The van der Waals surface area contributed by atoms with E-state index >= 15 is 0 Å². The third-order valence-electron chi connectivity index (χ3n) is 3.98. The Kier molecular flexibility index (Phi) is 12.4. The summed E-state index contributed by atoms with van der Waals surface area (Å²) in [6.07, 6.45) is 12.9.